The van der Waals surface area contributed by atoms with E-state index in [0.29, 0.717) is 12.0 Å². The van der Waals surface area contributed by atoms with Crippen LogP contribution in [-0.4, -0.2) is 21.8 Å². The number of carbonyl (C=O) groups excluding carboxylic acids is 2. The van der Waals surface area contributed by atoms with Gasteiger partial charge < -0.3 is 10.2 Å². The van der Waals surface area contributed by atoms with Crippen LogP contribution < -0.4 is 0 Å². The fraction of sp³-hybridized carbons (Fsp3) is 0.667. The average molecular weight is 308 g/mol. The first kappa shape index (κ1) is 18.5. The topological polar surface area (TPSA) is 74.6 Å². The minimum Gasteiger partial charge on any atom is -0.501 e. The number of aliphatic hydroxyl groups excluding tert-OH is 2. The highest BCUT2D eigenvalue weighted by atomic mass is 16.3. The van der Waals surface area contributed by atoms with Gasteiger partial charge in [-0.1, -0.05) is 58.3 Å². The molecule has 0 aromatic heterocycles. The first-order chi connectivity index (χ1) is 10.5. The van der Waals surface area contributed by atoms with Crippen LogP contribution in [0.2, 0.25) is 0 Å². The van der Waals surface area contributed by atoms with Gasteiger partial charge in [0.05, 0.1) is 0 Å². The molecule has 0 fully saturated rings. The molecule has 1 rings (SSSR count). The average Bonchev–Trinajstić information content (AvgIpc) is 2.52. The number of hydrogen-bond acceptors (Lipinski definition) is 4. The number of allylic oxidation sites excluding steroid dienone is 2. The van der Waals surface area contributed by atoms with Gasteiger partial charge >= 0.3 is 0 Å². The Labute approximate surface area is 132 Å². The quantitative estimate of drug-likeness (QED) is 0.453. The summed E-state index contributed by atoms with van der Waals surface area (Å²) in [5, 5.41) is 18.8. The predicted molar refractivity (Wildman–Crippen MR) is 86.8 cm³/mol. The predicted octanol–water partition coefficient (Wildman–Crippen LogP) is 4.70. The Bertz CT molecular complexity index is 471. The van der Waals surface area contributed by atoms with Gasteiger partial charge in [-0.05, 0) is 19.8 Å². The number of aliphatic hydroxyl groups is 2. The molecular formula is C18H28O4. The Kier molecular flexibility index (Phi) is 7.92. The van der Waals surface area contributed by atoms with Crippen LogP contribution in [0.15, 0.2) is 22.7 Å². The molecule has 0 bridgehead atoms. The molecule has 4 nitrogen and oxygen atoms in total. The highest BCUT2D eigenvalue weighted by Crippen LogP contribution is 2.26. The van der Waals surface area contributed by atoms with Gasteiger partial charge in [-0.3, -0.25) is 9.59 Å². The van der Waals surface area contributed by atoms with E-state index in [1.165, 1.54) is 45.4 Å². The lowest BCUT2D eigenvalue weighted by molar-refractivity contribution is -0.120. The second-order valence-corrected chi connectivity index (χ2v) is 6.04. The van der Waals surface area contributed by atoms with E-state index in [9.17, 15) is 19.8 Å². The summed E-state index contributed by atoms with van der Waals surface area (Å²) >= 11 is 0. The van der Waals surface area contributed by atoms with Crippen molar-refractivity contribution >= 4 is 11.6 Å². The molecule has 2 N–H and O–H groups in total. The number of rotatable bonds is 10. The van der Waals surface area contributed by atoms with Crippen molar-refractivity contribution < 1.29 is 19.8 Å². The van der Waals surface area contributed by atoms with E-state index in [1.54, 1.807) is 0 Å². The fourth-order valence-electron chi connectivity index (χ4n) is 2.76. The number of carbonyl (C=O) groups is 2. The van der Waals surface area contributed by atoms with Crippen molar-refractivity contribution in [3.8, 4) is 0 Å². The monoisotopic (exact) mass is 308 g/mol. The number of unbranched alkanes of at least 4 members (excludes halogenated alkanes) is 8. The van der Waals surface area contributed by atoms with Gasteiger partial charge in [0.1, 0.15) is 0 Å². The molecule has 0 saturated carbocycles. The van der Waals surface area contributed by atoms with Gasteiger partial charge in [0, 0.05) is 11.1 Å². The summed E-state index contributed by atoms with van der Waals surface area (Å²) in [6.07, 6.45) is 11.1. The third kappa shape index (κ3) is 5.00. The second-order valence-electron chi connectivity index (χ2n) is 6.04. The SMILES string of the molecule is CCCCCCCCCCCC1=C(C)C(=O)C(O)=C(O)C1=O. The summed E-state index contributed by atoms with van der Waals surface area (Å²) in [6.45, 7) is 3.74. The molecule has 0 aliphatic heterocycles. The Morgan fingerprint density at radius 3 is 1.73 bits per heavy atom. The van der Waals surface area contributed by atoms with E-state index < -0.39 is 23.1 Å². The summed E-state index contributed by atoms with van der Waals surface area (Å²) in [7, 11) is 0. The van der Waals surface area contributed by atoms with E-state index in [1.807, 2.05) is 0 Å². The van der Waals surface area contributed by atoms with Crippen molar-refractivity contribution in [1.29, 1.82) is 0 Å². The lowest BCUT2D eigenvalue weighted by Crippen LogP contribution is -2.22. The molecule has 0 heterocycles. The lowest BCUT2D eigenvalue weighted by atomic mass is 9.89. The molecule has 0 unspecified atom stereocenters. The van der Waals surface area contributed by atoms with Gasteiger partial charge in [-0.2, -0.15) is 0 Å². The van der Waals surface area contributed by atoms with E-state index in [4.69, 9.17) is 0 Å². The molecule has 0 aromatic carbocycles. The van der Waals surface area contributed by atoms with Crippen molar-refractivity contribution in [2.75, 3.05) is 0 Å². The molecule has 0 saturated heterocycles. The molecule has 0 atom stereocenters. The molecule has 0 aromatic rings. The standard InChI is InChI=1S/C18H28O4/c1-3-4-5-6-7-8-9-10-11-12-14-13(2)15(19)17(21)18(22)16(14)20/h21-22H,3-12H2,1-2H3. The summed E-state index contributed by atoms with van der Waals surface area (Å²) in [5.74, 6) is -2.86. The highest BCUT2D eigenvalue weighted by Gasteiger charge is 2.31. The zero-order valence-corrected chi connectivity index (χ0v) is 13.8. The van der Waals surface area contributed by atoms with Gasteiger partial charge in [0.2, 0.25) is 23.1 Å². The van der Waals surface area contributed by atoms with Gasteiger partial charge in [-0.15, -0.1) is 0 Å². The maximum atomic E-state index is 11.9. The van der Waals surface area contributed by atoms with Crippen LogP contribution >= 0.6 is 0 Å². The van der Waals surface area contributed by atoms with E-state index in [0.717, 1.165) is 19.3 Å². The second kappa shape index (κ2) is 9.44. The van der Waals surface area contributed by atoms with Crippen molar-refractivity contribution in [2.45, 2.75) is 78.1 Å². The molecule has 124 valence electrons. The normalized spacial score (nSPS) is 15.9. The molecule has 0 radical (unpaired) electrons. The highest BCUT2D eigenvalue weighted by molar-refractivity contribution is 6.22. The summed E-state index contributed by atoms with van der Waals surface area (Å²) < 4.78 is 0. The molecule has 4 heteroatoms. The number of Topliss-reactive ketones (excluding diaryl/α,β-unsaturated/α-hetero) is 2. The number of ketones is 2. The summed E-state index contributed by atoms with van der Waals surface area (Å²) in [6, 6.07) is 0. The minimum absolute atomic E-state index is 0.264. The molecule has 1 aliphatic carbocycles. The number of hydrogen-bond donors (Lipinski definition) is 2. The summed E-state index contributed by atoms with van der Waals surface area (Å²) in [4.78, 5) is 23.6. The lowest BCUT2D eigenvalue weighted by Gasteiger charge is -2.15. The summed E-state index contributed by atoms with van der Waals surface area (Å²) in [5.41, 5.74) is 0.614. The fourth-order valence-corrected chi connectivity index (χ4v) is 2.76. The van der Waals surface area contributed by atoms with Crippen LogP contribution in [0.1, 0.15) is 78.1 Å². The van der Waals surface area contributed by atoms with Crippen LogP contribution in [0.4, 0.5) is 0 Å². The van der Waals surface area contributed by atoms with E-state index in [-0.39, 0.29) is 5.57 Å². The van der Waals surface area contributed by atoms with Crippen LogP contribution in [0.3, 0.4) is 0 Å². The third-order valence-electron chi connectivity index (χ3n) is 4.25. The zero-order chi connectivity index (χ0) is 16.5. The van der Waals surface area contributed by atoms with Crippen molar-refractivity contribution in [2.24, 2.45) is 0 Å². The maximum absolute atomic E-state index is 11.9. The Morgan fingerprint density at radius 2 is 1.18 bits per heavy atom. The Hall–Kier alpha value is -1.58. The van der Waals surface area contributed by atoms with Crippen LogP contribution in [0.5, 0.6) is 0 Å². The molecule has 22 heavy (non-hydrogen) atoms. The molecule has 0 amide bonds. The van der Waals surface area contributed by atoms with Crippen molar-refractivity contribution in [3.05, 3.63) is 22.7 Å². The Morgan fingerprint density at radius 1 is 0.727 bits per heavy atom. The van der Waals surface area contributed by atoms with E-state index in [2.05, 4.69) is 6.92 Å². The van der Waals surface area contributed by atoms with Gasteiger partial charge in [0.15, 0.2) is 0 Å². The largest absolute Gasteiger partial charge is 0.501 e. The van der Waals surface area contributed by atoms with Crippen molar-refractivity contribution in [1.82, 2.24) is 0 Å². The third-order valence-corrected chi connectivity index (χ3v) is 4.25. The van der Waals surface area contributed by atoms with Crippen LogP contribution in [0.25, 0.3) is 0 Å². The van der Waals surface area contributed by atoms with E-state index >= 15 is 0 Å². The van der Waals surface area contributed by atoms with Gasteiger partial charge in [-0.25, -0.2) is 0 Å². The van der Waals surface area contributed by atoms with Crippen LogP contribution in [-0.2, 0) is 9.59 Å². The molecule has 0 spiro atoms. The Balaban J connectivity index is 2.28. The first-order valence-corrected chi connectivity index (χ1v) is 8.42. The first-order valence-electron chi connectivity index (χ1n) is 8.42. The minimum atomic E-state index is -0.821. The van der Waals surface area contributed by atoms with Crippen molar-refractivity contribution in [3.63, 3.8) is 0 Å². The molecule has 1 aliphatic rings. The smallest absolute Gasteiger partial charge is 0.227 e. The maximum Gasteiger partial charge on any atom is 0.227 e. The van der Waals surface area contributed by atoms with Gasteiger partial charge in [0.25, 0.3) is 0 Å². The molecular weight excluding hydrogens is 280 g/mol. The van der Waals surface area contributed by atoms with Crippen LogP contribution in [0, 0.1) is 0 Å². The zero-order valence-electron chi connectivity index (χ0n) is 13.8.